The molecule has 0 radical (unpaired) electrons. The first-order valence-corrected chi connectivity index (χ1v) is 5.15. The molecular formula is C12H10N4O2. The molecule has 0 fully saturated rings. The first kappa shape index (κ1) is 11.7. The lowest BCUT2D eigenvalue weighted by Crippen LogP contribution is -2.18. The lowest BCUT2D eigenvalue weighted by molar-refractivity contribution is 0.100. The zero-order valence-electron chi connectivity index (χ0n) is 9.33. The van der Waals surface area contributed by atoms with E-state index in [1.54, 1.807) is 24.3 Å². The largest absolute Gasteiger partial charge is 0.366 e. The number of nitrogens with two attached hydrogens (primary N) is 1. The predicted octanol–water partition coefficient (Wildman–Crippen LogP) is 0.828. The molecule has 2 rings (SSSR count). The van der Waals surface area contributed by atoms with Crippen molar-refractivity contribution in [3.8, 4) is 0 Å². The van der Waals surface area contributed by atoms with E-state index in [0.29, 0.717) is 11.3 Å². The van der Waals surface area contributed by atoms with E-state index in [9.17, 15) is 9.59 Å². The van der Waals surface area contributed by atoms with E-state index in [4.69, 9.17) is 5.73 Å². The number of anilines is 1. The Bertz CT molecular complexity index is 584. The number of hydrogen-bond acceptors (Lipinski definition) is 4. The second-order valence-electron chi connectivity index (χ2n) is 3.50. The Labute approximate surface area is 103 Å². The van der Waals surface area contributed by atoms with Crippen molar-refractivity contribution in [1.29, 1.82) is 0 Å². The molecule has 0 spiro atoms. The number of para-hydroxylation sites is 1. The number of carbonyl (C=O) groups excluding carboxylic acids is 2. The number of hydrogen-bond donors (Lipinski definition) is 2. The summed E-state index contributed by atoms with van der Waals surface area (Å²) in [6.07, 6.45) is 2.75. The molecule has 0 saturated carbocycles. The third-order valence-electron chi connectivity index (χ3n) is 2.29. The maximum Gasteiger partial charge on any atom is 0.257 e. The Hall–Kier alpha value is -2.76. The van der Waals surface area contributed by atoms with Crippen LogP contribution in [0.15, 0.2) is 42.7 Å². The van der Waals surface area contributed by atoms with Gasteiger partial charge in [-0.3, -0.25) is 9.59 Å². The maximum absolute atomic E-state index is 11.9. The number of benzene rings is 1. The van der Waals surface area contributed by atoms with Gasteiger partial charge in [0.05, 0.1) is 29.2 Å². The van der Waals surface area contributed by atoms with Crippen LogP contribution >= 0.6 is 0 Å². The molecule has 0 aliphatic heterocycles. The van der Waals surface area contributed by atoms with Gasteiger partial charge in [0.15, 0.2) is 0 Å². The van der Waals surface area contributed by atoms with Crippen LogP contribution in [0.25, 0.3) is 0 Å². The van der Waals surface area contributed by atoms with Crippen LogP contribution < -0.4 is 11.1 Å². The van der Waals surface area contributed by atoms with E-state index in [-0.39, 0.29) is 11.5 Å². The van der Waals surface area contributed by atoms with Crippen LogP contribution in [0.3, 0.4) is 0 Å². The normalized spacial score (nSPS) is 9.78. The zero-order valence-corrected chi connectivity index (χ0v) is 9.33. The molecule has 2 amide bonds. The van der Waals surface area contributed by atoms with E-state index in [2.05, 4.69) is 15.5 Å². The highest BCUT2D eigenvalue weighted by Gasteiger charge is 2.11. The number of amides is 2. The van der Waals surface area contributed by atoms with Gasteiger partial charge in [-0.2, -0.15) is 10.2 Å². The van der Waals surface area contributed by atoms with Crippen molar-refractivity contribution >= 4 is 17.5 Å². The van der Waals surface area contributed by atoms with Crippen molar-refractivity contribution in [2.45, 2.75) is 0 Å². The number of rotatable bonds is 3. The summed E-state index contributed by atoms with van der Waals surface area (Å²) in [5, 5.41) is 9.78. The maximum atomic E-state index is 11.9. The molecule has 0 saturated heterocycles. The Morgan fingerprint density at radius 2 is 1.89 bits per heavy atom. The Balaban J connectivity index is 2.25. The van der Waals surface area contributed by atoms with E-state index in [1.807, 2.05) is 0 Å². The van der Waals surface area contributed by atoms with Crippen molar-refractivity contribution in [3.05, 3.63) is 53.9 Å². The molecular weight excluding hydrogens is 232 g/mol. The molecule has 1 heterocycles. The summed E-state index contributed by atoms with van der Waals surface area (Å²) >= 11 is 0. The van der Waals surface area contributed by atoms with Gasteiger partial charge in [0.1, 0.15) is 0 Å². The van der Waals surface area contributed by atoms with E-state index in [1.165, 1.54) is 18.5 Å². The molecule has 1 aromatic carbocycles. The van der Waals surface area contributed by atoms with Gasteiger partial charge in [0.25, 0.3) is 11.8 Å². The van der Waals surface area contributed by atoms with Crippen molar-refractivity contribution in [3.63, 3.8) is 0 Å². The molecule has 0 atom stereocenters. The third kappa shape index (κ3) is 2.49. The summed E-state index contributed by atoms with van der Waals surface area (Å²) in [4.78, 5) is 23.0. The standard InChI is InChI=1S/C12H10N4O2/c13-11(17)9-3-1-2-4-10(9)16-12(18)8-5-6-14-15-7-8/h1-7H,(H2,13,17)(H,16,18). The number of primary amides is 1. The fourth-order valence-electron chi connectivity index (χ4n) is 1.43. The minimum Gasteiger partial charge on any atom is -0.366 e. The first-order valence-electron chi connectivity index (χ1n) is 5.15. The lowest BCUT2D eigenvalue weighted by atomic mass is 10.1. The smallest absolute Gasteiger partial charge is 0.257 e. The SMILES string of the molecule is NC(=O)c1ccccc1NC(=O)c1ccnnc1. The minimum atomic E-state index is -0.598. The Morgan fingerprint density at radius 3 is 2.56 bits per heavy atom. The molecule has 3 N–H and O–H groups in total. The van der Waals surface area contributed by atoms with Crippen LogP contribution in [0, 0.1) is 0 Å². The highest BCUT2D eigenvalue weighted by atomic mass is 16.2. The topological polar surface area (TPSA) is 98.0 Å². The molecule has 6 nitrogen and oxygen atoms in total. The summed E-state index contributed by atoms with van der Waals surface area (Å²) in [7, 11) is 0. The van der Waals surface area contributed by atoms with Crippen molar-refractivity contribution in [2.24, 2.45) is 5.73 Å². The van der Waals surface area contributed by atoms with E-state index in [0.717, 1.165) is 0 Å². The first-order chi connectivity index (χ1) is 8.68. The molecule has 90 valence electrons. The van der Waals surface area contributed by atoms with Crippen LogP contribution in [-0.2, 0) is 0 Å². The summed E-state index contributed by atoms with van der Waals surface area (Å²) in [5.74, 6) is -0.975. The summed E-state index contributed by atoms with van der Waals surface area (Å²) < 4.78 is 0. The van der Waals surface area contributed by atoms with Crippen LogP contribution in [0.2, 0.25) is 0 Å². The van der Waals surface area contributed by atoms with Crippen molar-refractivity contribution in [1.82, 2.24) is 10.2 Å². The van der Waals surface area contributed by atoms with Crippen LogP contribution in [0.5, 0.6) is 0 Å². The molecule has 18 heavy (non-hydrogen) atoms. The fourth-order valence-corrected chi connectivity index (χ4v) is 1.43. The summed E-state index contributed by atoms with van der Waals surface area (Å²) in [6, 6.07) is 8.04. The van der Waals surface area contributed by atoms with Crippen molar-refractivity contribution < 1.29 is 9.59 Å². The fraction of sp³-hybridized carbons (Fsp3) is 0. The van der Waals surface area contributed by atoms with Gasteiger partial charge in [0, 0.05) is 0 Å². The van der Waals surface area contributed by atoms with E-state index < -0.39 is 5.91 Å². The molecule has 0 aliphatic rings. The summed E-state index contributed by atoms with van der Waals surface area (Å²) in [6.45, 7) is 0. The second kappa shape index (κ2) is 5.05. The number of nitrogens with zero attached hydrogens (tertiary/aromatic N) is 2. The highest BCUT2D eigenvalue weighted by Crippen LogP contribution is 2.15. The van der Waals surface area contributed by atoms with Gasteiger partial charge in [-0.15, -0.1) is 0 Å². The number of aromatic nitrogens is 2. The van der Waals surface area contributed by atoms with Gasteiger partial charge in [-0.1, -0.05) is 12.1 Å². The number of nitrogens with one attached hydrogen (secondary N) is 1. The summed E-state index contributed by atoms with van der Waals surface area (Å²) in [5.41, 5.74) is 6.19. The third-order valence-corrected chi connectivity index (χ3v) is 2.29. The average Bonchev–Trinajstić information content (AvgIpc) is 2.40. The highest BCUT2D eigenvalue weighted by molar-refractivity contribution is 6.08. The van der Waals surface area contributed by atoms with Gasteiger partial charge < -0.3 is 11.1 Å². The van der Waals surface area contributed by atoms with Crippen molar-refractivity contribution in [2.75, 3.05) is 5.32 Å². The minimum absolute atomic E-state index is 0.257. The Morgan fingerprint density at radius 1 is 1.11 bits per heavy atom. The zero-order chi connectivity index (χ0) is 13.0. The average molecular weight is 242 g/mol. The van der Waals surface area contributed by atoms with E-state index >= 15 is 0 Å². The molecule has 1 aromatic heterocycles. The van der Waals surface area contributed by atoms with Gasteiger partial charge >= 0.3 is 0 Å². The monoisotopic (exact) mass is 242 g/mol. The molecule has 6 heteroatoms. The second-order valence-corrected chi connectivity index (χ2v) is 3.50. The molecule has 0 unspecified atom stereocenters. The van der Waals surface area contributed by atoms with Gasteiger partial charge in [0.2, 0.25) is 0 Å². The van der Waals surface area contributed by atoms with Crippen LogP contribution in [0.1, 0.15) is 20.7 Å². The quantitative estimate of drug-likeness (QED) is 0.832. The molecule has 0 bridgehead atoms. The predicted molar refractivity (Wildman–Crippen MR) is 64.9 cm³/mol. The van der Waals surface area contributed by atoms with Gasteiger partial charge in [-0.25, -0.2) is 0 Å². The van der Waals surface area contributed by atoms with Crippen LogP contribution in [-0.4, -0.2) is 22.0 Å². The number of carbonyl (C=O) groups is 2. The van der Waals surface area contributed by atoms with Crippen LogP contribution in [0.4, 0.5) is 5.69 Å². The molecule has 0 aliphatic carbocycles. The molecule has 2 aromatic rings. The Kier molecular flexibility index (Phi) is 3.29. The lowest BCUT2D eigenvalue weighted by Gasteiger charge is -2.08. The van der Waals surface area contributed by atoms with Gasteiger partial charge in [-0.05, 0) is 18.2 Å².